The van der Waals surface area contributed by atoms with Gasteiger partial charge in [-0.15, -0.1) is 0 Å². The summed E-state index contributed by atoms with van der Waals surface area (Å²) in [5.41, 5.74) is -0.341. The van der Waals surface area contributed by atoms with Gasteiger partial charge < -0.3 is 10.4 Å². The van der Waals surface area contributed by atoms with Crippen molar-refractivity contribution in [3.8, 4) is 0 Å². The van der Waals surface area contributed by atoms with Crippen molar-refractivity contribution < 1.29 is 18.7 Å². The summed E-state index contributed by atoms with van der Waals surface area (Å²) in [5.74, 6) is -3.11. The molecule has 1 unspecified atom stereocenters. The summed E-state index contributed by atoms with van der Waals surface area (Å²) < 4.78 is 27.3. The average molecular weight is 327 g/mol. The smallest absolute Gasteiger partial charge is 0.217 e. The van der Waals surface area contributed by atoms with Crippen molar-refractivity contribution in [3.05, 3.63) is 58.2 Å². The van der Waals surface area contributed by atoms with E-state index in [2.05, 4.69) is 10.3 Å². The Labute approximate surface area is 130 Å². The molecule has 0 bridgehead atoms. The van der Waals surface area contributed by atoms with Crippen LogP contribution in [0.15, 0.2) is 30.3 Å². The van der Waals surface area contributed by atoms with Gasteiger partial charge in [-0.1, -0.05) is 23.7 Å². The minimum Gasteiger partial charge on any atom is -0.392 e. The lowest BCUT2D eigenvalue weighted by Crippen LogP contribution is -2.20. The molecule has 2 rings (SSSR count). The molecule has 0 aliphatic heterocycles. The van der Waals surface area contributed by atoms with E-state index in [0.717, 1.165) is 0 Å². The van der Waals surface area contributed by atoms with Gasteiger partial charge in [-0.25, -0.2) is 9.37 Å². The summed E-state index contributed by atoms with van der Waals surface area (Å²) in [5, 5.41) is 12.0. The number of hydrogen-bond acceptors (Lipinski definition) is 4. The number of carbonyl (C=O) groups excluding carboxylic acids is 1. The molecule has 0 saturated heterocycles. The molecule has 0 aliphatic rings. The van der Waals surface area contributed by atoms with E-state index in [1.807, 2.05) is 0 Å². The van der Waals surface area contributed by atoms with Crippen molar-refractivity contribution in [1.29, 1.82) is 0 Å². The summed E-state index contributed by atoms with van der Waals surface area (Å²) in [6, 6.07) is 6.66. The van der Waals surface area contributed by atoms with E-state index < -0.39 is 29.2 Å². The molecular formula is C15H13ClF2N2O2. The van der Waals surface area contributed by atoms with Gasteiger partial charge in [-0.2, -0.15) is 4.39 Å². The highest BCUT2D eigenvalue weighted by Crippen LogP contribution is 2.25. The van der Waals surface area contributed by atoms with Crippen molar-refractivity contribution in [3.63, 3.8) is 0 Å². The number of pyridine rings is 1. The first kappa shape index (κ1) is 16.3. The fourth-order valence-electron chi connectivity index (χ4n) is 1.85. The molecule has 1 aromatic heterocycles. The number of benzene rings is 1. The number of ketones is 1. The third-order valence-corrected chi connectivity index (χ3v) is 3.18. The molecule has 116 valence electrons. The molecule has 2 aromatic rings. The van der Waals surface area contributed by atoms with E-state index in [-0.39, 0.29) is 22.9 Å². The molecule has 0 amide bonds. The third-order valence-electron chi connectivity index (χ3n) is 2.85. The molecule has 0 saturated carbocycles. The summed E-state index contributed by atoms with van der Waals surface area (Å²) in [7, 11) is 0. The Bertz CT molecular complexity index is 708. The minimum atomic E-state index is -1.07. The van der Waals surface area contributed by atoms with Crippen LogP contribution in [-0.4, -0.2) is 28.5 Å². The van der Waals surface area contributed by atoms with Gasteiger partial charge in [-0.3, -0.25) is 4.79 Å². The Balaban J connectivity index is 2.49. The maximum atomic E-state index is 14.1. The zero-order valence-electron chi connectivity index (χ0n) is 11.6. The third kappa shape index (κ3) is 3.58. The number of halogens is 3. The predicted octanol–water partition coefficient (Wildman–Crippen LogP) is 3.04. The van der Waals surface area contributed by atoms with Gasteiger partial charge in [0.25, 0.3) is 0 Å². The van der Waals surface area contributed by atoms with Crippen LogP contribution < -0.4 is 5.32 Å². The maximum absolute atomic E-state index is 14.1. The Hall–Kier alpha value is -2.05. The molecule has 0 aliphatic carbocycles. The number of aliphatic hydroxyl groups is 1. The predicted molar refractivity (Wildman–Crippen MR) is 79.2 cm³/mol. The second-order valence-electron chi connectivity index (χ2n) is 4.69. The average Bonchev–Trinajstić information content (AvgIpc) is 2.44. The van der Waals surface area contributed by atoms with E-state index in [9.17, 15) is 18.7 Å². The number of aromatic nitrogens is 1. The summed E-state index contributed by atoms with van der Waals surface area (Å²) in [6.45, 7) is 1.47. The second kappa shape index (κ2) is 6.81. The lowest BCUT2D eigenvalue weighted by molar-refractivity contribution is 0.103. The molecule has 22 heavy (non-hydrogen) atoms. The zero-order valence-corrected chi connectivity index (χ0v) is 12.4. The van der Waals surface area contributed by atoms with Crippen LogP contribution in [0, 0.1) is 11.8 Å². The van der Waals surface area contributed by atoms with Gasteiger partial charge in [0.15, 0.2) is 0 Å². The highest BCUT2D eigenvalue weighted by atomic mass is 35.5. The Kier molecular flexibility index (Phi) is 5.05. The quantitative estimate of drug-likeness (QED) is 0.655. The van der Waals surface area contributed by atoms with Crippen molar-refractivity contribution in [2.75, 3.05) is 11.9 Å². The van der Waals surface area contributed by atoms with Crippen molar-refractivity contribution >= 4 is 23.2 Å². The number of nitrogens with zero attached hydrogens (tertiary/aromatic N) is 1. The molecule has 0 radical (unpaired) electrons. The summed E-state index contributed by atoms with van der Waals surface area (Å²) in [4.78, 5) is 16.0. The maximum Gasteiger partial charge on any atom is 0.217 e. The van der Waals surface area contributed by atoms with Crippen LogP contribution in [0.2, 0.25) is 5.02 Å². The van der Waals surface area contributed by atoms with Gasteiger partial charge in [0, 0.05) is 18.2 Å². The van der Waals surface area contributed by atoms with E-state index in [1.165, 1.54) is 19.1 Å². The molecule has 2 N–H and O–H groups in total. The number of nitrogens with one attached hydrogen (secondary N) is 1. The Morgan fingerprint density at radius 2 is 2.09 bits per heavy atom. The Morgan fingerprint density at radius 1 is 1.41 bits per heavy atom. The number of aliphatic hydroxyl groups excluding tert-OH is 1. The van der Waals surface area contributed by atoms with Crippen molar-refractivity contribution in [2.24, 2.45) is 0 Å². The van der Waals surface area contributed by atoms with Gasteiger partial charge in [0.2, 0.25) is 11.7 Å². The molecule has 0 spiro atoms. The largest absolute Gasteiger partial charge is 0.392 e. The van der Waals surface area contributed by atoms with Gasteiger partial charge in [0.05, 0.1) is 11.1 Å². The van der Waals surface area contributed by atoms with Gasteiger partial charge in [0.1, 0.15) is 17.2 Å². The molecular weight excluding hydrogens is 314 g/mol. The minimum absolute atomic E-state index is 0.0152. The summed E-state index contributed by atoms with van der Waals surface area (Å²) >= 11 is 5.93. The number of rotatable bonds is 5. The standard InChI is InChI=1S/C15H13ClF2N2O2/c1-8(21)7-19-15-13(11(17)6-12(18)20-15)14(22)9-4-2-3-5-10(9)16/h2-6,8,21H,7H2,1H3,(H,19,20). The van der Waals surface area contributed by atoms with Crippen LogP contribution in [0.4, 0.5) is 14.6 Å². The highest BCUT2D eigenvalue weighted by molar-refractivity contribution is 6.35. The molecule has 4 nitrogen and oxygen atoms in total. The fraction of sp³-hybridized carbons (Fsp3) is 0.200. The molecule has 1 aromatic carbocycles. The van der Waals surface area contributed by atoms with Crippen LogP contribution >= 0.6 is 11.6 Å². The lowest BCUT2D eigenvalue weighted by Gasteiger charge is -2.13. The second-order valence-corrected chi connectivity index (χ2v) is 5.10. The molecule has 7 heteroatoms. The van der Waals surface area contributed by atoms with Crippen molar-refractivity contribution in [1.82, 2.24) is 4.98 Å². The first-order valence-electron chi connectivity index (χ1n) is 6.47. The number of hydrogen-bond donors (Lipinski definition) is 2. The van der Waals surface area contributed by atoms with Crippen LogP contribution in [0.5, 0.6) is 0 Å². The summed E-state index contributed by atoms with van der Waals surface area (Å²) in [6.07, 6.45) is -0.781. The first-order valence-corrected chi connectivity index (χ1v) is 6.85. The van der Waals surface area contributed by atoms with E-state index in [1.54, 1.807) is 12.1 Å². The van der Waals surface area contributed by atoms with E-state index in [0.29, 0.717) is 6.07 Å². The Morgan fingerprint density at radius 3 is 2.73 bits per heavy atom. The van der Waals surface area contributed by atoms with E-state index >= 15 is 0 Å². The molecule has 1 atom stereocenters. The first-order chi connectivity index (χ1) is 10.4. The highest BCUT2D eigenvalue weighted by Gasteiger charge is 2.23. The van der Waals surface area contributed by atoms with Crippen LogP contribution in [-0.2, 0) is 0 Å². The zero-order chi connectivity index (χ0) is 16.3. The van der Waals surface area contributed by atoms with Gasteiger partial charge in [-0.05, 0) is 19.1 Å². The topological polar surface area (TPSA) is 62.2 Å². The molecule has 1 heterocycles. The fourth-order valence-corrected chi connectivity index (χ4v) is 2.07. The number of carbonyl (C=O) groups is 1. The van der Waals surface area contributed by atoms with Crippen molar-refractivity contribution in [2.45, 2.75) is 13.0 Å². The van der Waals surface area contributed by atoms with Crippen LogP contribution in [0.1, 0.15) is 22.8 Å². The SMILES string of the molecule is CC(O)CNc1nc(F)cc(F)c1C(=O)c1ccccc1Cl. The molecule has 0 fully saturated rings. The number of anilines is 1. The van der Waals surface area contributed by atoms with Crippen LogP contribution in [0.25, 0.3) is 0 Å². The van der Waals surface area contributed by atoms with Crippen LogP contribution in [0.3, 0.4) is 0 Å². The monoisotopic (exact) mass is 326 g/mol. The van der Waals surface area contributed by atoms with E-state index in [4.69, 9.17) is 11.6 Å². The normalized spacial score (nSPS) is 12.0. The lowest BCUT2D eigenvalue weighted by atomic mass is 10.0. The van der Waals surface area contributed by atoms with Gasteiger partial charge >= 0.3 is 0 Å².